The first kappa shape index (κ1) is 13.6. The van der Waals surface area contributed by atoms with Gasteiger partial charge in [0.1, 0.15) is 9.84 Å². The second-order valence-electron chi connectivity index (χ2n) is 4.06. The van der Waals surface area contributed by atoms with Crippen LogP contribution >= 0.6 is 11.3 Å². The van der Waals surface area contributed by atoms with Crippen LogP contribution < -0.4 is 5.32 Å². The topological polar surface area (TPSA) is 59.1 Å². The first-order chi connectivity index (χ1) is 7.37. The summed E-state index contributed by atoms with van der Waals surface area (Å²) in [6, 6.07) is -0.00488. The van der Waals surface area contributed by atoms with Gasteiger partial charge in [-0.15, -0.1) is 11.3 Å². The number of aromatic nitrogens is 1. The van der Waals surface area contributed by atoms with Gasteiger partial charge in [0.05, 0.1) is 16.5 Å². The Morgan fingerprint density at radius 2 is 2.25 bits per heavy atom. The van der Waals surface area contributed by atoms with Gasteiger partial charge in [-0.05, 0) is 13.8 Å². The average molecular weight is 262 g/mol. The molecule has 0 amide bonds. The lowest BCUT2D eigenvalue weighted by atomic mass is 10.3. The van der Waals surface area contributed by atoms with Gasteiger partial charge >= 0.3 is 0 Å². The van der Waals surface area contributed by atoms with Crippen LogP contribution in [0.15, 0.2) is 5.38 Å². The van der Waals surface area contributed by atoms with Crippen LogP contribution in [0.4, 0.5) is 0 Å². The Morgan fingerprint density at radius 3 is 2.75 bits per heavy atom. The normalized spacial score (nSPS) is 13.9. The number of aryl methyl sites for hydroxylation is 1. The van der Waals surface area contributed by atoms with Crippen molar-refractivity contribution in [3.63, 3.8) is 0 Å². The zero-order chi connectivity index (χ0) is 12.2. The second-order valence-corrected chi connectivity index (χ2v) is 7.30. The summed E-state index contributed by atoms with van der Waals surface area (Å²) in [7, 11) is -2.89. The molecule has 1 N–H and O–H groups in total. The SMILES string of the molecule is Cc1nc(CCNC(C)CS(C)(=O)=O)cs1. The molecule has 0 saturated carbocycles. The molecule has 1 atom stereocenters. The highest BCUT2D eigenvalue weighted by molar-refractivity contribution is 7.90. The Bertz CT molecular complexity index is 426. The lowest BCUT2D eigenvalue weighted by Crippen LogP contribution is -2.34. The molecule has 0 radical (unpaired) electrons. The second kappa shape index (κ2) is 5.75. The van der Waals surface area contributed by atoms with E-state index in [-0.39, 0.29) is 11.8 Å². The van der Waals surface area contributed by atoms with Crippen molar-refractivity contribution in [1.29, 1.82) is 0 Å². The predicted octanol–water partition coefficient (Wildman–Crippen LogP) is 1.02. The molecule has 16 heavy (non-hydrogen) atoms. The van der Waals surface area contributed by atoms with E-state index in [4.69, 9.17) is 0 Å². The first-order valence-electron chi connectivity index (χ1n) is 5.19. The maximum absolute atomic E-state index is 11.0. The van der Waals surface area contributed by atoms with Gasteiger partial charge < -0.3 is 5.32 Å². The zero-order valence-electron chi connectivity index (χ0n) is 9.86. The molecule has 0 aliphatic rings. The number of thiazole rings is 1. The molecule has 1 aromatic heterocycles. The molecular weight excluding hydrogens is 244 g/mol. The van der Waals surface area contributed by atoms with E-state index in [2.05, 4.69) is 10.3 Å². The van der Waals surface area contributed by atoms with Crippen LogP contribution in [-0.2, 0) is 16.3 Å². The van der Waals surface area contributed by atoms with E-state index in [1.165, 1.54) is 6.26 Å². The fourth-order valence-electron chi connectivity index (χ4n) is 1.48. The Labute approximate surface area is 101 Å². The van der Waals surface area contributed by atoms with E-state index >= 15 is 0 Å². The largest absolute Gasteiger partial charge is 0.313 e. The summed E-state index contributed by atoms with van der Waals surface area (Å²) in [4.78, 5) is 4.34. The molecule has 0 saturated heterocycles. The van der Waals surface area contributed by atoms with Gasteiger partial charge in [-0.1, -0.05) is 0 Å². The molecule has 0 spiro atoms. The van der Waals surface area contributed by atoms with Crippen molar-refractivity contribution in [2.75, 3.05) is 18.6 Å². The highest BCUT2D eigenvalue weighted by atomic mass is 32.2. The monoisotopic (exact) mass is 262 g/mol. The lowest BCUT2D eigenvalue weighted by Gasteiger charge is -2.11. The van der Waals surface area contributed by atoms with Crippen LogP contribution in [-0.4, -0.2) is 38.0 Å². The standard InChI is InChI=1S/C10H18N2O2S2/c1-8(7-16(3,13)14)11-5-4-10-6-15-9(2)12-10/h6,8,11H,4-5,7H2,1-3H3. The molecule has 1 rings (SSSR count). The van der Waals surface area contributed by atoms with Gasteiger partial charge in [0.2, 0.25) is 0 Å². The summed E-state index contributed by atoms with van der Waals surface area (Å²) in [6.07, 6.45) is 2.10. The van der Waals surface area contributed by atoms with E-state index in [0.29, 0.717) is 0 Å². The van der Waals surface area contributed by atoms with Gasteiger partial charge in [0, 0.05) is 30.6 Å². The van der Waals surface area contributed by atoms with Crippen molar-refractivity contribution in [2.24, 2.45) is 0 Å². The molecule has 0 bridgehead atoms. The smallest absolute Gasteiger partial charge is 0.148 e. The van der Waals surface area contributed by atoms with Crippen molar-refractivity contribution < 1.29 is 8.42 Å². The number of hydrogen-bond acceptors (Lipinski definition) is 5. The van der Waals surface area contributed by atoms with Crippen LogP contribution in [0, 0.1) is 6.92 Å². The van der Waals surface area contributed by atoms with Gasteiger partial charge in [0.25, 0.3) is 0 Å². The molecule has 0 fully saturated rings. The lowest BCUT2D eigenvalue weighted by molar-refractivity contribution is 0.560. The van der Waals surface area contributed by atoms with Crippen molar-refractivity contribution >= 4 is 21.2 Å². The number of nitrogens with zero attached hydrogens (tertiary/aromatic N) is 1. The summed E-state index contributed by atoms with van der Waals surface area (Å²) >= 11 is 1.64. The zero-order valence-corrected chi connectivity index (χ0v) is 11.5. The molecular formula is C10H18N2O2S2. The third kappa shape index (κ3) is 5.58. The number of nitrogens with one attached hydrogen (secondary N) is 1. The number of rotatable bonds is 6. The molecule has 4 nitrogen and oxygen atoms in total. The average Bonchev–Trinajstić information content (AvgIpc) is 2.48. The maximum Gasteiger partial charge on any atom is 0.148 e. The van der Waals surface area contributed by atoms with Crippen LogP contribution in [0.3, 0.4) is 0 Å². The molecule has 92 valence electrons. The van der Waals surface area contributed by atoms with E-state index in [0.717, 1.165) is 23.7 Å². The van der Waals surface area contributed by atoms with Crippen molar-refractivity contribution in [2.45, 2.75) is 26.3 Å². The van der Waals surface area contributed by atoms with Gasteiger partial charge in [-0.25, -0.2) is 13.4 Å². The van der Waals surface area contributed by atoms with Crippen molar-refractivity contribution in [1.82, 2.24) is 10.3 Å². The van der Waals surface area contributed by atoms with Crippen molar-refractivity contribution in [3.05, 3.63) is 16.1 Å². The third-order valence-electron chi connectivity index (χ3n) is 2.09. The highest BCUT2D eigenvalue weighted by Crippen LogP contribution is 2.07. The maximum atomic E-state index is 11.0. The highest BCUT2D eigenvalue weighted by Gasteiger charge is 2.09. The minimum Gasteiger partial charge on any atom is -0.313 e. The molecule has 1 unspecified atom stereocenters. The molecule has 0 aliphatic carbocycles. The van der Waals surface area contributed by atoms with E-state index in [1.54, 1.807) is 11.3 Å². The van der Waals surface area contributed by atoms with Crippen molar-refractivity contribution in [3.8, 4) is 0 Å². The summed E-state index contributed by atoms with van der Waals surface area (Å²) < 4.78 is 22.1. The molecule has 6 heteroatoms. The minimum absolute atomic E-state index is 0.00488. The number of sulfone groups is 1. The summed E-state index contributed by atoms with van der Waals surface area (Å²) in [5.41, 5.74) is 1.07. The predicted molar refractivity (Wildman–Crippen MR) is 67.7 cm³/mol. The number of hydrogen-bond donors (Lipinski definition) is 1. The van der Waals surface area contributed by atoms with E-state index in [1.807, 2.05) is 19.2 Å². The molecule has 1 aromatic rings. The summed E-state index contributed by atoms with van der Waals surface area (Å²) in [6.45, 7) is 4.63. The fraction of sp³-hybridized carbons (Fsp3) is 0.700. The van der Waals surface area contributed by atoms with E-state index < -0.39 is 9.84 Å². The Hall–Kier alpha value is -0.460. The Balaban J connectivity index is 2.25. The van der Waals surface area contributed by atoms with Gasteiger partial charge in [-0.2, -0.15) is 0 Å². The van der Waals surface area contributed by atoms with Gasteiger partial charge in [-0.3, -0.25) is 0 Å². The van der Waals surface area contributed by atoms with Gasteiger partial charge in [0.15, 0.2) is 0 Å². The van der Waals surface area contributed by atoms with Crippen LogP contribution in [0.5, 0.6) is 0 Å². The van der Waals surface area contributed by atoms with Crippen LogP contribution in [0.2, 0.25) is 0 Å². The summed E-state index contributed by atoms with van der Waals surface area (Å²) in [5.74, 6) is 0.184. The third-order valence-corrected chi connectivity index (χ3v) is 4.02. The first-order valence-corrected chi connectivity index (χ1v) is 8.13. The van der Waals surface area contributed by atoms with Crippen LogP contribution in [0.1, 0.15) is 17.6 Å². The molecule has 0 aliphatic heterocycles. The quantitative estimate of drug-likeness (QED) is 0.831. The molecule has 0 aromatic carbocycles. The Kier molecular flexibility index (Phi) is 4.89. The molecule has 1 heterocycles. The minimum atomic E-state index is -2.89. The van der Waals surface area contributed by atoms with Crippen LogP contribution in [0.25, 0.3) is 0 Å². The fourth-order valence-corrected chi connectivity index (χ4v) is 3.16. The Morgan fingerprint density at radius 1 is 1.56 bits per heavy atom. The summed E-state index contributed by atoms with van der Waals surface area (Å²) in [5, 5.41) is 6.29. The van der Waals surface area contributed by atoms with E-state index in [9.17, 15) is 8.42 Å².